The van der Waals surface area contributed by atoms with Gasteiger partial charge in [0.1, 0.15) is 6.04 Å². The van der Waals surface area contributed by atoms with Gasteiger partial charge in [-0.2, -0.15) is 0 Å². The van der Waals surface area contributed by atoms with E-state index in [4.69, 9.17) is 0 Å². The Labute approximate surface area is 179 Å². The average Bonchev–Trinajstić information content (AvgIpc) is 2.76. The van der Waals surface area contributed by atoms with Crippen molar-refractivity contribution in [2.75, 3.05) is 6.61 Å². The van der Waals surface area contributed by atoms with Gasteiger partial charge in [-0.25, -0.2) is 0 Å². The van der Waals surface area contributed by atoms with Crippen LogP contribution in [0.2, 0.25) is 0 Å². The van der Waals surface area contributed by atoms with Crippen LogP contribution < -0.4 is 10.6 Å². The molecule has 3 N–H and O–H groups in total. The summed E-state index contributed by atoms with van der Waals surface area (Å²) >= 11 is 0. The Morgan fingerprint density at radius 2 is 1.33 bits per heavy atom. The second-order valence-corrected chi connectivity index (χ2v) is 8.17. The van der Waals surface area contributed by atoms with E-state index in [9.17, 15) is 14.7 Å². The van der Waals surface area contributed by atoms with E-state index in [1.165, 1.54) is 0 Å². The monoisotopic (exact) mass is 410 g/mol. The van der Waals surface area contributed by atoms with E-state index in [0.717, 1.165) is 17.5 Å². The third-order valence-electron chi connectivity index (χ3n) is 5.63. The highest BCUT2D eigenvalue weighted by Crippen LogP contribution is 2.25. The van der Waals surface area contributed by atoms with E-state index in [1.807, 2.05) is 88.4 Å². The summed E-state index contributed by atoms with van der Waals surface area (Å²) in [5.74, 6) is -0.950. The Hall–Kier alpha value is -2.66. The molecule has 2 amide bonds. The number of carbonyl (C=O) groups excluding carboxylic acids is 2. The fourth-order valence-corrected chi connectivity index (χ4v) is 3.48. The van der Waals surface area contributed by atoms with Crippen molar-refractivity contribution >= 4 is 11.8 Å². The van der Waals surface area contributed by atoms with Gasteiger partial charge in [0.05, 0.1) is 18.6 Å². The second kappa shape index (κ2) is 11.5. The summed E-state index contributed by atoms with van der Waals surface area (Å²) in [6, 6.07) is 18.1. The van der Waals surface area contributed by atoms with Crippen molar-refractivity contribution < 1.29 is 14.7 Å². The van der Waals surface area contributed by atoms with Gasteiger partial charge in [0, 0.05) is 0 Å². The van der Waals surface area contributed by atoms with Gasteiger partial charge < -0.3 is 15.7 Å². The fraction of sp³-hybridized carbons (Fsp3) is 0.440. The van der Waals surface area contributed by atoms with Crippen molar-refractivity contribution in [3.63, 3.8) is 0 Å². The van der Waals surface area contributed by atoms with Crippen LogP contribution in [0.1, 0.15) is 51.2 Å². The number of rotatable bonds is 10. The Morgan fingerprint density at radius 3 is 1.73 bits per heavy atom. The molecule has 5 nitrogen and oxygen atoms in total. The van der Waals surface area contributed by atoms with Crippen LogP contribution in [0.25, 0.3) is 0 Å². The van der Waals surface area contributed by atoms with Crippen LogP contribution in [-0.2, 0) is 9.59 Å². The minimum absolute atomic E-state index is 0.0996. The molecule has 0 fully saturated rings. The lowest BCUT2D eigenvalue weighted by Gasteiger charge is -2.29. The first kappa shape index (κ1) is 23.6. The van der Waals surface area contributed by atoms with Gasteiger partial charge in [-0.3, -0.25) is 9.59 Å². The highest BCUT2D eigenvalue weighted by molar-refractivity contribution is 5.92. The van der Waals surface area contributed by atoms with E-state index < -0.39 is 12.0 Å². The predicted molar refractivity (Wildman–Crippen MR) is 120 cm³/mol. The molecule has 0 saturated heterocycles. The van der Waals surface area contributed by atoms with Crippen LogP contribution in [0.15, 0.2) is 60.7 Å². The van der Waals surface area contributed by atoms with E-state index in [-0.39, 0.29) is 36.3 Å². The molecule has 2 rings (SSSR count). The van der Waals surface area contributed by atoms with Crippen LogP contribution in [0, 0.1) is 11.8 Å². The number of carbonyl (C=O) groups is 2. The number of hydrogen-bond acceptors (Lipinski definition) is 3. The van der Waals surface area contributed by atoms with Gasteiger partial charge in [-0.15, -0.1) is 0 Å². The normalized spacial score (nSPS) is 14.2. The Balaban J connectivity index is 2.25. The SMILES string of the molecule is CC[C@H](C)[C@H](CO)NC(=O)[C@@H](NC(=O)C(c1ccccc1)c1ccccc1)C(C)C. The third-order valence-corrected chi connectivity index (χ3v) is 5.63. The van der Waals surface area contributed by atoms with Crippen LogP contribution in [0.3, 0.4) is 0 Å². The van der Waals surface area contributed by atoms with Crippen molar-refractivity contribution in [1.82, 2.24) is 10.6 Å². The van der Waals surface area contributed by atoms with E-state index in [2.05, 4.69) is 10.6 Å². The molecule has 2 aromatic carbocycles. The topological polar surface area (TPSA) is 78.4 Å². The van der Waals surface area contributed by atoms with Gasteiger partial charge in [0.25, 0.3) is 0 Å². The maximum Gasteiger partial charge on any atom is 0.243 e. The first-order chi connectivity index (χ1) is 14.4. The van der Waals surface area contributed by atoms with Crippen LogP contribution >= 0.6 is 0 Å². The number of hydrogen-bond donors (Lipinski definition) is 3. The molecule has 0 aliphatic rings. The highest BCUT2D eigenvalue weighted by Gasteiger charge is 2.31. The molecule has 0 aromatic heterocycles. The lowest BCUT2D eigenvalue weighted by molar-refractivity contribution is -0.131. The first-order valence-corrected chi connectivity index (χ1v) is 10.7. The summed E-state index contributed by atoms with van der Waals surface area (Å²) in [6.45, 7) is 7.69. The first-order valence-electron chi connectivity index (χ1n) is 10.7. The average molecular weight is 411 g/mol. The van der Waals surface area contributed by atoms with Gasteiger partial charge in [0.15, 0.2) is 0 Å². The molecular formula is C25H34N2O3. The van der Waals surface area contributed by atoms with E-state index in [0.29, 0.717) is 0 Å². The Kier molecular flexibility index (Phi) is 9.06. The zero-order valence-electron chi connectivity index (χ0n) is 18.3. The summed E-state index contributed by atoms with van der Waals surface area (Å²) in [4.78, 5) is 26.3. The summed E-state index contributed by atoms with van der Waals surface area (Å²) in [5, 5.41) is 15.5. The van der Waals surface area contributed by atoms with Crippen molar-refractivity contribution in [3.8, 4) is 0 Å². The van der Waals surface area contributed by atoms with Crippen LogP contribution in [-0.4, -0.2) is 35.6 Å². The van der Waals surface area contributed by atoms with E-state index >= 15 is 0 Å². The summed E-state index contributed by atoms with van der Waals surface area (Å²) in [5.41, 5.74) is 1.74. The van der Waals surface area contributed by atoms with Crippen molar-refractivity contribution in [3.05, 3.63) is 71.8 Å². The smallest absolute Gasteiger partial charge is 0.243 e. The number of aliphatic hydroxyl groups is 1. The highest BCUT2D eigenvalue weighted by atomic mass is 16.3. The van der Waals surface area contributed by atoms with Gasteiger partial charge in [0.2, 0.25) is 11.8 Å². The zero-order valence-corrected chi connectivity index (χ0v) is 18.3. The molecule has 2 aromatic rings. The predicted octanol–water partition coefficient (Wildman–Crippen LogP) is 3.48. The molecule has 3 atom stereocenters. The molecule has 0 heterocycles. The van der Waals surface area contributed by atoms with Crippen LogP contribution in [0.5, 0.6) is 0 Å². The van der Waals surface area contributed by atoms with E-state index in [1.54, 1.807) is 0 Å². The molecule has 0 aliphatic carbocycles. The minimum atomic E-state index is -0.689. The molecule has 0 bridgehead atoms. The van der Waals surface area contributed by atoms with Crippen molar-refractivity contribution in [1.29, 1.82) is 0 Å². The molecule has 0 spiro atoms. The summed E-state index contributed by atoms with van der Waals surface area (Å²) in [7, 11) is 0. The summed E-state index contributed by atoms with van der Waals surface area (Å²) in [6.07, 6.45) is 0.842. The van der Waals surface area contributed by atoms with Crippen molar-refractivity contribution in [2.45, 2.75) is 52.1 Å². The maximum absolute atomic E-state index is 13.4. The summed E-state index contributed by atoms with van der Waals surface area (Å²) < 4.78 is 0. The molecule has 162 valence electrons. The molecule has 0 radical (unpaired) electrons. The molecule has 0 unspecified atom stereocenters. The lowest BCUT2D eigenvalue weighted by Crippen LogP contribution is -2.54. The van der Waals surface area contributed by atoms with Gasteiger partial charge >= 0.3 is 0 Å². The standard InChI is InChI=1S/C25H34N2O3/c1-5-18(4)21(16-28)26-25(30)23(17(2)3)27-24(29)22(19-12-8-6-9-13-19)20-14-10-7-11-15-20/h6-15,17-18,21-23,28H,5,16H2,1-4H3,(H,26,30)(H,27,29)/t18-,21-,23-/m0/s1. The third kappa shape index (κ3) is 6.17. The Morgan fingerprint density at radius 1 is 0.833 bits per heavy atom. The fourth-order valence-electron chi connectivity index (χ4n) is 3.48. The molecule has 5 heteroatoms. The largest absolute Gasteiger partial charge is 0.394 e. The number of aliphatic hydroxyl groups excluding tert-OH is 1. The quantitative estimate of drug-likeness (QED) is 0.561. The molecule has 0 saturated carbocycles. The number of nitrogens with one attached hydrogen (secondary N) is 2. The second-order valence-electron chi connectivity index (χ2n) is 8.17. The van der Waals surface area contributed by atoms with Crippen LogP contribution in [0.4, 0.5) is 0 Å². The van der Waals surface area contributed by atoms with Gasteiger partial charge in [-0.1, -0.05) is 94.8 Å². The minimum Gasteiger partial charge on any atom is -0.394 e. The number of amides is 2. The lowest BCUT2D eigenvalue weighted by atomic mass is 9.89. The zero-order chi connectivity index (χ0) is 22.1. The molecule has 0 aliphatic heterocycles. The molecule has 30 heavy (non-hydrogen) atoms. The molecular weight excluding hydrogens is 376 g/mol. The Bertz CT molecular complexity index is 753. The maximum atomic E-state index is 13.4. The van der Waals surface area contributed by atoms with Crippen molar-refractivity contribution in [2.24, 2.45) is 11.8 Å². The van der Waals surface area contributed by atoms with Gasteiger partial charge in [-0.05, 0) is 23.0 Å². The number of benzene rings is 2.